The molecule has 21 heavy (non-hydrogen) atoms. The summed E-state index contributed by atoms with van der Waals surface area (Å²) < 4.78 is 1.47. The minimum atomic E-state index is -0.188. The van der Waals surface area contributed by atoms with Gasteiger partial charge in [-0.2, -0.15) is 0 Å². The van der Waals surface area contributed by atoms with E-state index < -0.39 is 0 Å². The molecule has 0 bridgehead atoms. The number of rotatable bonds is 2. The molecule has 0 radical (unpaired) electrons. The van der Waals surface area contributed by atoms with Crippen LogP contribution in [0.4, 0.5) is 4.79 Å². The lowest BCUT2D eigenvalue weighted by molar-refractivity contribution is 0.239. The fraction of sp³-hybridized carbons (Fsp3) is 0.188. The van der Waals surface area contributed by atoms with E-state index in [0.717, 1.165) is 16.6 Å². The number of hydrogen-bond acceptors (Lipinski definition) is 1. The number of nitrogens with one attached hydrogen (secondary N) is 2. The Morgan fingerprint density at radius 3 is 2.67 bits per heavy atom. The van der Waals surface area contributed by atoms with Crippen molar-refractivity contribution < 1.29 is 4.79 Å². The first-order valence-electron chi connectivity index (χ1n) is 6.75. The van der Waals surface area contributed by atoms with Gasteiger partial charge < -0.3 is 5.32 Å². The molecule has 108 valence electrons. The third-order valence-electron chi connectivity index (χ3n) is 3.70. The van der Waals surface area contributed by atoms with Gasteiger partial charge in [-0.05, 0) is 48.7 Å². The van der Waals surface area contributed by atoms with Crippen LogP contribution in [0.25, 0.3) is 11.0 Å². The Balaban J connectivity index is 1.77. The van der Waals surface area contributed by atoms with Gasteiger partial charge in [-0.3, -0.25) is 5.10 Å². The number of nitrogens with zero attached hydrogens (tertiary/aromatic N) is 1. The van der Waals surface area contributed by atoms with Crippen molar-refractivity contribution in [1.82, 2.24) is 15.1 Å². The molecule has 2 N–H and O–H groups in total. The van der Waals surface area contributed by atoms with Crippen LogP contribution in [0.5, 0.6) is 0 Å². The molecule has 0 saturated carbocycles. The molecule has 3 aromatic rings. The summed E-state index contributed by atoms with van der Waals surface area (Å²) in [6.07, 6.45) is 0. The monoisotopic (exact) mass is 301 g/mol. The van der Waals surface area contributed by atoms with Crippen molar-refractivity contribution in [2.45, 2.75) is 20.4 Å². The summed E-state index contributed by atoms with van der Waals surface area (Å²) in [6.45, 7) is 4.60. The van der Waals surface area contributed by atoms with Crippen LogP contribution in [0.3, 0.4) is 0 Å². The predicted octanol–water partition coefficient (Wildman–Crippen LogP) is 4.00. The van der Waals surface area contributed by atoms with Crippen LogP contribution >= 0.6 is 11.6 Å². The fourth-order valence-corrected chi connectivity index (χ4v) is 2.61. The number of benzene rings is 2. The van der Waals surface area contributed by atoms with Gasteiger partial charge in [0.2, 0.25) is 0 Å². The van der Waals surface area contributed by atoms with E-state index in [2.05, 4.69) is 10.4 Å². The van der Waals surface area contributed by atoms with E-state index in [1.165, 1.54) is 15.8 Å². The van der Waals surface area contributed by atoms with Crippen molar-refractivity contribution in [3.63, 3.8) is 0 Å². The van der Waals surface area contributed by atoms with Gasteiger partial charge in [0.15, 0.2) is 0 Å². The van der Waals surface area contributed by atoms with Gasteiger partial charge in [-0.25, -0.2) is 9.48 Å². The lowest BCUT2D eigenvalue weighted by Crippen LogP contribution is -2.32. The van der Waals surface area contributed by atoms with Gasteiger partial charge in [-0.1, -0.05) is 29.8 Å². The maximum atomic E-state index is 12.2. The Kier molecular flexibility index (Phi) is 3.47. The number of hydrogen-bond donors (Lipinski definition) is 2. The summed E-state index contributed by atoms with van der Waals surface area (Å²) in [7, 11) is 0. The molecule has 0 unspecified atom stereocenters. The van der Waals surface area contributed by atoms with Gasteiger partial charge in [0.05, 0.1) is 11.0 Å². The van der Waals surface area contributed by atoms with E-state index in [4.69, 9.17) is 11.6 Å². The summed E-state index contributed by atoms with van der Waals surface area (Å²) in [6, 6.07) is 11.3. The van der Waals surface area contributed by atoms with Crippen molar-refractivity contribution in [3.8, 4) is 0 Å². The van der Waals surface area contributed by atoms with Crippen molar-refractivity contribution in [2.24, 2.45) is 0 Å². The van der Waals surface area contributed by atoms with Gasteiger partial charge in [0.1, 0.15) is 0 Å². The van der Waals surface area contributed by atoms with Gasteiger partial charge in [0.25, 0.3) is 0 Å². The highest BCUT2D eigenvalue weighted by atomic mass is 35.5. The zero-order chi connectivity index (χ0) is 15.0. The number of aromatic nitrogens is 2. The average molecular weight is 302 g/mol. The molecule has 0 spiro atoms. The second-order valence-corrected chi connectivity index (χ2v) is 5.57. The molecule has 0 saturated heterocycles. The smallest absolute Gasteiger partial charge is 0.332 e. The topological polar surface area (TPSA) is 49.8 Å². The first-order valence-corrected chi connectivity index (χ1v) is 7.13. The zero-order valence-corrected chi connectivity index (χ0v) is 12.7. The highest BCUT2D eigenvalue weighted by Gasteiger charge is 2.13. The van der Waals surface area contributed by atoms with E-state index >= 15 is 0 Å². The molecular formula is C16H16ClN3O. The summed E-state index contributed by atoms with van der Waals surface area (Å²) in [5.74, 6) is 0. The molecule has 1 amide bonds. The van der Waals surface area contributed by atoms with Gasteiger partial charge >= 0.3 is 6.03 Å². The van der Waals surface area contributed by atoms with Crippen molar-refractivity contribution in [3.05, 3.63) is 58.1 Å². The molecule has 4 nitrogen and oxygen atoms in total. The quantitative estimate of drug-likeness (QED) is 0.738. The van der Waals surface area contributed by atoms with E-state index in [9.17, 15) is 4.79 Å². The summed E-state index contributed by atoms with van der Waals surface area (Å²) in [5, 5.41) is 6.52. The number of H-pyrrole nitrogens is 1. The number of aromatic amines is 1. The largest absolute Gasteiger partial charge is 0.341 e. The lowest BCUT2D eigenvalue weighted by atomic mass is 10.0. The van der Waals surface area contributed by atoms with E-state index in [1.54, 1.807) is 12.1 Å². The van der Waals surface area contributed by atoms with Gasteiger partial charge in [0, 0.05) is 11.6 Å². The summed E-state index contributed by atoms with van der Waals surface area (Å²) in [4.78, 5) is 12.2. The molecule has 3 rings (SSSR count). The van der Waals surface area contributed by atoms with Crippen LogP contribution in [0.15, 0.2) is 36.4 Å². The van der Waals surface area contributed by atoms with Crippen LogP contribution < -0.4 is 5.32 Å². The molecule has 0 aliphatic rings. The van der Waals surface area contributed by atoms with Crippen molar-refractivity contribution >= 4 is 28.7 Å². The van der Waals surface area contributed by atoms with Crippen molar-refractivity contribution in [2.75, 3.05) is 0 Å². The van der Waals surface area contributed by atoms with E-state index in [1.807, 2.05) is 38.1 Å². The number of fused-ring (bicyclic) bond motifs is 1. The molecule has 1 aromatic heterocycles. The second kappa shape index (κ2) is 5.30. The SMILES string of the molecule is Cc1cccc(C)c1CNC(=O)n1[nH]c2ccc(Cl)cc21. The third-order valence-corrected chi connectivity index (χ3v) is 3.93. The number of carbonyl (C=O) groups is 1. The Labute approximate surface area is 127 Å². The number of amides is 1. The molecule has 0 aliphatic heterocycles. The minimum absolute atomic E-state index is 0.188. The van der Waals surface area contributed by atoms with E-state index in [0.29, 0.717) is 11.6 Å². The van der Waals surface area contributed by atoms with E-state index in [-0.39, 0.29) is 6.03 Å². The van der Waals surface area contributed by atoms with Crippen LogP contribution in [-0.2, 0) is 6.54 Å². The summed E-state index contributed by atoms with van der Waals surface area (Å²) in [5.41, 5.74) is 5.20. The molecule has 1 heterocycles. The van der Waals surface area contributed by atoms with Gasteiger partial charge in [-0.15, -0.1) is 0 Å². The standard InChI is InChI=1S/C16H16ClN3O/c1-10-4-3-5-11(2)13(10)9-18-16(21)20-15-8-12(17)6-7-14(15)19-20/h3-8,19H,9H2,1-2H3,(H,18,21). The Bertz CT molecular complexity index is 796. The first-order chi connectivity index (χ1) is 10.1. The minimum Gasteiger partial charge on any atom is -0.332 e. The van der Waals surface area contributed by atoms with Crippen LogP contribution in [0.2, 0.25) is 5.02 Å². The molecule has 0 fully saturated rings. The zero-order valence-electron chi connectivity index (χ0n) is 11.9. The molecule has 2 aromatic carbocycles. The maximum absolute atomic E-state index is 12.2. The maximum Gasteiger partial charge on any atom is 0.341 e. The Morgan fingerprint density at radius 2 is 1.95 bits per heavy atom. The molecular weight excluding hydrogens is 286 g/mol. The molecule has 0 atom stereocenters. The lowest BCUT2D eigenvalue weighted by Gasteiger charge is -2.17. The van der Waals surface area contributed by atoms with Crippen molar-refractivity contribution in [1.29, 1.82) is 0 Å². The highest BCUT2D eigenvalue weighted by Crippen LogP contribution is 2.20. The highest BCUT2D eigenvalue weighted by molar-refractivity contribution is 6.31. The fourth-order valence-electron chi connectivity index (χ4n) is 2.44. The molecule has 5 heteroatoms. The summed E-state index contributed by atoms with van der Waals surface area (Å²) >= 11 is 5.95. The number of aryl methyl sites for hydroxylation is 2. The molecule has 0 aliphatic carbocycles. The average Bonchev–Trinajstić information content (AvgIpc) is 2.42. The van der Waals surface area contributed by atoms with Crippen LogP contribution in [0.1, 0.15) is 16.7 Å². The second-order valence-electron chi connectivity index (χ2n) is 5.14. The normalized spacial score (nSPS) is 11.0. The van der Waals surface area contributed by atoms with Crippen LogP contribution in [-0.4, -0.2) is 15.8 Å². The number of carbonyl (C=O) groups excluding carboxylic acids is 1. The predicted molar refractivity (Wildman–Crippen MR) is 84.8 cm³/mol. The van der Waals surface area contributed by atoms with Crippen LogP contribution in [0, 0.1) is 13.8 Å². The number of halogens is 1. The Morgan fingerprint density at radius 1 is 1.24 bits per heavy atom. The first kappa shape index (κ1) is 13.8. The third kappa shape index (κ3) is 2.54. The Hall–Kier alpha value is -2.20.